The highest BCUT2D eigenvalue weighted by Gasteiger charge is 2.46. The molecule has 21 heavy (non-hydrogen) atoms. The summed E-state index contributed by atoms with van der Waals surface area (Å²) in [5.74, 6) is -0.374. The van der Waals surface area contributed by atoms with Crippen molar-refractivity contribution in [2.45, 2.75) is 63.8 Å². The second-order valence-corrected chi connectivity index (χ2v) is 6.09. The summed E-state index contributed by atoms with van der Waals surface area (Å²) in [4.78, 5) is 0. The van der Waals surface area contributed by atoms with E-state index in [1.807, 2.05) is 7.05 Å². The zero-order chi connectivity index (χ0) is 14.9. The number of nitrogens with one attached hydrogen (secondary N) is 1. The van der Waals surface area contributed by atoms with Gasteiger partial charge in [0.1, 0.15) is 0 Å². The van der Waals surface area contributed by atoms with E-state index in [1.54, 1.807) is 0 Å². The highest BCUT2D eigenvalue weighted by atomic mass is 16.7. The summed E-state index contributed by atoms with van der Waals surface area (Å²) in [6, 6.07) is 2.97. The third-order valence-corrected chi connectivity index (χ3v) is 4.91. The van der Waals surface area contributed by atoms with Crippen molar-refractivity contribution in [2.24, 2.45) is 0 Å². The fraction of sp³-hybridized carbons (Fsp3) is 0.812. The summed E-state index contributed by atoms with van der Waals surface area (Å²) >= 11 is 0. The predicted molar refractivity (Wildman–Crippen MR) is 81.4 cm³/mol. The fourth-order valence-corrected chi connectivity index (χ4v) is 3.70. The molecule has 1 aromatic heterocycles. The molecule has 118 valence electrons. The zero-order valence-corrected chi connectivity index (χ0v) is 13.4. The topological polar surface area (TPSA) is 48.3 Å². The van der Waals surface area contributed by atoms with E-state index >= 15 is 0 Å². The molecule has 0 aromatic carbocycles. The molecule has 0 bridgehead atoms. The third kappa shape index (κ3) is 2.74. The molecule has 2 unspecified atom stereocenters. The second kappa shape index (κ2) is 6.07. The third-order valence-electron chi connectivity index (χ3n) is 4.91. The van der Waals surface area contributed by atoms with Gasteiger partial charge in [0.25, 0.3) is 0 Å². The Kier molecular flexibility index (Phi) is 4.33. The van der Waals surface area contributed by atoms with E-state index in [0.29, 0.717) is 12.1 Å². The van der Waals surface area contributed by atoms with E-state index in [4.69, 9.17) is 14.6 Å². The van der Waals surface area contributed by atoms with Gasteiger partial charge in [0.2, 0.25) is 0 Å². The normalized spacial score (nSPS) is 28.3. The molecular formula is C16H27N3O2. The maximum absolute atomic E-state index is 5.94. The van der Waals surface area contributed by atoms with Gasteiger partial charge in [-0.1, -0.05) is 13.8 Å². The summed E-state index contributed by atoms with van der Waals surface area (Å²) in [6.07, 6.45) is 4.91. The van der Waals surface area contributed by atoms with Crippen molar-refractivity contribution < 1.29 is 9.47 Å². The van der Waals surface area contributed by atoms with E-state index in [2.05, 4.69) is 29.9 Å². The molecule has 1 aliphatic heterocycles. The van der Waals surface area contributed by atoms with Gasteiger partial charge in [-0.25, -0.2) is 0 Å². The molecule has 5 nitrogen and oxygen atoms in total. The molecule has 1 aromatic rings. The first kappa shape index (κ1) is 15.0. The van der Waals surface area contributed by atoms with Crippen LogP contribution in [0.15, 0.2) is 6.07 Å². The smallest absolute Gasteiger partial charge is 0.170 e. The molecule has 2 fully saturated rings. The van der Waals surface area contributed by atoms with Crippen LogP contribution in [0.25, 0.3) is 0 Å². The van der Waals surface area contributed by atoms with E-state index in [1.165, 1.54) is 11.4 Å². The van der Waals surface area contributed by atoms with Gasteiger partial charge in [-0.2, -0.15) is 5.10 Å². The number of aromatic nitrogens is 2. The zero-order valence-electron chi connectivity index (χ0n) is 13.4. The number of likely N-dealkylation sites (N-methyl/N-ethyl adjacent to an activating group) is 1. The average Bonchev–Trinajstić information content (AvgIpc) is 3.14. The van der Waals surface area contributed by atoms with Gasteiger partial charge < -0.3 is 14.8 Å². The van der Waals surface area contributed by atoms with Crippen LogP contribution in [0.2, 0.25) is 0 Å². The monoisotopic (exact) mass is 293 g/mol. The molecule has 0 radical (unpaired) electrons. The lowest BCUT2D eigenvalue weighted by Crippen LogP contribution is -2.48. The Hall–Kier alpha value is -0.910. The molecule has 1 spiro atoms. The summed E-state index contributed by atoms with van der Waals surface area (Å²) in [5, 5.41) is 8.31. The van der Waals surface area contributed by atoms with Crippen LogP contribution in [0.5, 0.6) is 0 Å². The van der Waals surface area contributed by atoms with Crippen molar-refractivity contribution in [3.8, 4) is 0 Å². The Balaban J connectivity index is 1.90. The molecule has 0 amide bonds. The number of nitrogens with zero attached hydrogens (tertiary/aromatic N) is 2. The van der Waals surface area contributed by atoms with Crippen molar-refractivity contribution >= 4 is 0 Å². The van der Waals surface area contributed by atoms with Gasteiger partial charge in [0.05, 0.1) is 24.9 Å². The Bertz CT molecular complexity index is 480. The molecule has 2 aliphatic rings. The van der Waals surface area contributed by atoms with Crippen molar-refractivity contribution in [3.05, 3.63) is 17.5 Å². The summed E-state index contributed by atoms with van der Waals surface area (Å²) < 4.78 is 14.1. The number of hydrogen-bond donors (Lipinski definition) is 1. The lowest BCUT2D eigenvalue weighted by atomic mass is 9.85. The van der Waals surface area contributed by atoms with Crippen LogP contribution in [0.3, 0.4) is 0 Å². The Labute approximate surface area is 127 Å². The number of hydrogen-bond acceptors (Lipinski definition) is 4. The van der Waals surface area contributed by atoms with Crippen molar-refractivity contribution in [1.82, 2.24) is 15.1 Å². The van der Waals surface area contributed by atoms with E-state index in [-0.39, 0.29) is 5.79 Å². The highest BCUT2D eigenvalue weighted by Crippen LogP contribution is 2.41. The molecule has 1 saturated heterocycles. The lowest BCUT2D eigenvalue weighted by molar-refractivity contribution is -0.189. The summed E-state index contributed by atoms with van der Waals surface area (Å²) in [6.45, 7) is 5.80. The van der Waals surface area contributed by atoms with E-state index in [9.17, 15) is 0 Å². The standard InChI is InChI=1S/C16H27N3O2/c1-4-12-10-13(5-2)19(18-12)15-11-16(20-8-9-21-16)7-6-14(15)17-3/h10,14-15,17H,4-9,11H2,1-3H3. The van der Waals surface area contributed by atoms with Crippen molar-refractivity contribution in [2.75, 3.05) is 20.3 Å². The first-order valence-electron chi connectivity index (χ1n) is 8.24. The highest BCUT2D eigenvalue weighted by molar-refractivity contribution is 5.13. The molecular weight excluding hydrogens is 266 g/mol. The summed E-state index contributed by atoms with van der Waals surface area (Å²) in [5.41, 5.74) is 2.49. The SMILES string of the molecule is CCc1cc(CC)n(C2CC3(CCC2NC)OCCO3)n1. The average molecular weight is 293 g/mol. The maximum atomic E-state index is 5.94. The molecule has 1 N–H and O–H groups in total. The van der Waals surface area contributed by atoms with Gasteiger partial charge in [-0.15, -0.1) is 0 Å². The van der Waals surface area contributed by atoms with Gasteiger partial charge in [0.15, 0.2) is 5.79 Å². The first-order valence-corrected chi connectivity index (χ1v) is 8.24. The van der Waals surface area contributed by atoms with Gasteiger partial charge in [-0.05, 0) is 32.4 Å². The van der Waals surface area contributed by atoms with Crippen LogP contribution < -0.4 is 5.32 Å². The van der Waals surface area contributed by atoms with Crippen molar-refractivity contribution in [1.29, 1.82) is 0 Å². The summed E-state index contributed by atoms with van der Waals surface area (Å²) in [7, 11) is 2.04. The quantitative estimate of drug-likeness (QED) is 0.923. The minimum absolute atomic E-state index is 0.303. The molecule has 1 aliphatic carbocycles. The number of rotatable bonds is 4. The van der Waals surface area contributed by atoms with Gasteiger partial charge in [-0.3, -0.25) is 4.68 Å². The molecule has 2 heterocycles. The van der Waals surface area contributed by atoms with Crippen LogP contribution in [0.4, 0.5) is 0 Å². The molecule has 3 rings (SSSR count). The van der Waals surface area contributed by atoms with Crippen molar-refractivity contribution in [3.63, 3.8) is 0 Å². The molecule has 1 saturated carbocycles. The van der Waals surface area contributed by atoms with Crippen LogP contribution in [0, 0.1) is 0 Å². The fourth-order valence-electron chi connectivity index (χ4n) is 3.70. The van der Waals surface area contributed by atoms with Crippen LogP contribution in [-0.4, -0.2) is 41.9 Å². The first-order chi connectivity index (χ1) is 10.2. The Morgan fingerprint density at radius 1 is 1.33 bits per heavy atom. The van der Waals surface area contributed by atoms with Crippen LogP contribution in [-0.2, 0) is 22.3 Å². The maximum Gasteiger partial charge on any atom is 0.170 e. The molecule has 5 heteroatoms. The number of aryl methyl sites for hydroxylation is 2. The minimum Gasteiger partial charge on any atom is -0.347 e. The second-order valence-electron chi connectivity index (χ2n) is 6.09. The predicted octanol–water partition coefficient (Wildman–Crippen LogP) is 2.06. The number of ether oxygens (including phenoxy) is 2. The largest absolute Gasteiger partial charge is 0.347 e. The van der Waals surface area contributed by atoms with Crippen LogP contribution >= 0.6 is 0 Å². The Morgan fingerprint density at radius 3 is 2.71 bits per heavy atom. The Morgan fingerprint density at radius 2 is 2.10 bits per heavy atom. The van der Waals surface area contributed by atoms with Gasteiger partial charge >= 0.3 is 0 Å². The molecule has 2 atom stereocenters. The van der Waals surface area contributed by atoms with E-state index < -0.39 is 0 Å². The van der Waals surface area contributed by atoms with Gasteiger partial charge in [0, 0.05) is 24.6 Å². The minimum atomic E-state index is -0.374. The lowest BCUT2D eigenvalue weighted by Gasteiger charge is -2.41. The van der Waals surface area contributed by atoms with E-state index in [0.717, 1.165) is 45.3 Å². The van der Waals surface area contributed by atoms with Crippen LogP contribution in [0.1, 0.15) is 50.5 Å².